The molecule has 1 aromatic carbocycles. The summed E-state index contributed by atoms with van der Waals surface area (Å²) >= 11 is 12.3. The molecule has 0 heterocycles. The van der Waals surface area contributed by atoms with Gasteiger partial charge in [0.1, 0.15) is 0 Å². The lowest BCUT2D eigenvalue weighted by atomic mass is 10.3. The van der Waals surface area contributed by atoms with Crippen molar-refractivity contribution in [3.63, 3.8) is 0 Å². The van der Waals surface area contributed by atoms with E-state index in [1.807, 2.05) is 0 Å². The number of rotatable bonds is 6. The molecule has 0 spiro atoms. The number of halogens is 3. The van der Waals surface area contributed by atoms with Gasteiger partial charge in [-0.1, -0.05) is 27.5 Å². The Bertz CT molecular complexity index is 415. The third-order valence-corrected chi connectivity index (χ3v) is 3.33. The van der Waals surface area contributed by atoms with Crippen LogP contribution in [0.1, 0.15) is 12.8 Å². The van der Waals surface area contributed by atoms with Crippen LogP contribution in [-0.2, 0) is 0 Å². The van der Waals surface area contributed by atoms with Gasteiger partial charge in [0.25, 0.3) is 0 Å². The van der Waals surface area contributed by atoms with Crippen LogP contribution in [0.4, 0.5) is 5.69 Å². The van der Waals surface area contributed by atoms with Gasteiger partial charge in [-0.15, -0.1) is 0 Å². The number of nitrogens with zero attached hydrogens (tertiary/aromatic N) is 1. The molecule has 0 N–H and O–H groups in total. The van der Waals surface area contributed by atoms with E-state index in [9.17, 15) is 10.1 Å². The lowest BCUT2D eigenvalue weighted by Gasteiger charge is -2.08. The molecule has 0 radical (unpaired) electrons. The van der Waals surface area contributed by atoms with Crippen LogP contribution in [-0.4, -0.2) is 16.9 Å². The van der Waals surface area contributed by atoms with Crippen LogP contribution in [0.25, 0.3) is 0 Å². The van der Waals surface area contributed by atoms with Crippen LogP contribution < -0.4 is 4.74 Å². The minimum Gasteiger partial charge on any atom is -0.486 e. The van der Waals surface area contributed by atoms with Crippen LogP contribution in [0.2, 0.25) is 5.02 Å². The summed E-state index contributed by atoms with van der Waals surface area (Å²) < 4.78 is 5.91. The van der Waals surface area contributed by atoms with E-state index in [4.69, 9.17) is 16.3 Å². The molecule has 1 rings (SSSR count). The van der Waals surface area contributed by atoms with Gasteiger partial charge < -0.3 is 4.74 Å². The van der Waals surface area contributed by atoms with E-state index in [0.29, 0.717) is 16.1 Å². The summed E-state index contributed by atoms with van der Waals surface area (Å²) in [4.78, 5) is 10.4. The Kier molecular flexibility index (Phi) is 6.22. The van der Waals surface area contributed by atoms with Crippen LogP contribution in [0.5, 0.6) is 5.75 Å². The first-order valence-electron chi connectivity index (χ1n) is 4.88. The average Bonchev–Trinajstić information content (AvgIpc) is 2.25. The summed E-state index contributed by atoms with van der Waals surface area (Å²) in [6, 6.07) is 2.86. The molecule has 7 heteroatoms. The molecule has 4 nitrogen and oxygen atoms in total. The maximum Gasteiger partial charge on any atom is 0.313 e. The van der Waals surface area contributed by atoms with Gasteiger partial charge in [0.2, 0.25) is 5.75 Å². The van der Waals surface area contributed by atoms with Crippen molar-refractivity contribution in [3.05, 3.63) is 31.7 Å². The lowest BCUT2D eigenvalue weighted by molar-refractivity contribution is -0.385. The van der Waals surface area contributed by atoms with Crippen LogP contribution in [0.15, 0.2) is 16.6 Å². The number of nitro groups is 1. The first-order chi connectivity index (χ1) is 8.06. The molecule has 0 aromatic heterocycles. The third kappa shape index (κ3) is 4.44. The number of unbranched alkanes of at least 4 members (excludes halogenated alkanes) is 1. The van der Waals surface area contributed by atoms with Crippen molar-refractivity contribution in [1.82, 2.24) is 0 Å². The number of benzene rings is 1. The van der Waals surface area contributed by atoms with Crippen LogP contribution in [0.3, 0.4) is 0 Å². The van der Waals surface area contributed by atoms with E-state index in [1.165, 1.54) is 6.07 Å². The van der Waals surface area contributed by atoms with Crippen molar-refractivity contribution in [1.29, 1.82) is 0 Å². The Morgan fingerprint density at radius 2 is 2.12 bits per heavy atom. The zero-order chi connectivity index (χ0) is 12.8. The molecule has 17 heavy (non-hydrogen) atoms. The van der Waals surface area contributed by atoms with Crippen molar-refractivity contribution < 1.29 is 9.66 Å². The molecule has 0 saturated heterocycles. The molecular formula is C10H10Br2ClNO3. The molecule has 94 valence electrons. The van der Waals surface area contributed by atoms with Gasteiger partial charge in [-0.05, 0) is 34.8 Å². The topological polar surface area (TPSA) is 52.4 Å². The Morgan fingerprint density at radius 1 is 1.41 bits per heavy atom. The highest BCUT2D eigenvalue weighted by molar-refractivity contribution is 9.10. The zero-order valence-corrected chi connectivity index (χ0v) is 12.7. The summed E-state index contributed by atoms with van der Waals surface area (Å²) in [6.07, 6.45) is 1.79. The van der Waals surface area contributed by atoms with Gasteiger partial charge >= 0.3 is 5.69 Å². The van der Waals surface area contributed by atoms with Gasteiger partial charge in [-0.2, -0.15) is 0 Å². The van der Waals surface area contributed by atoms with Gasteiger partial charge in [-0.3, -0.25) is 10.1 Å². The van der Waals surface area contributed by atoms with Crippen molar-refractivity contribution >= 4 is 49.1 Å². The molecule has 0 aliphatic rings. The smallest absolute Gasteiger partial charge is 0.313 e. The second kappa shape index (κ2) is 7.18. The highest BCUT2D eigenvalue weighted by Gasteiger charge is 2.19. The largest absolute Gasteiger partial charge is 0.486 e. The van der Waals surface area contributed by atoms with E-state index < -0.39 is 4.92 Å². The van der Waals surface area contributed by atoms with Crippen molar-refractivity contribution in [2.24, 2.45) is 0 Å². The van der Waals surface area contributed by atoms with Crippen molar-refractivity contribution in [2.75, 3.05) is 11.9 Å². The first-order valence-corrected chi connectivity index (χ1v) is 7.17. The normalized spacial score (nSPS) is 10.3. The Labute approximate surface area is 121 Å². The zero-order valence-electron chi connectivity index (χ0n) is 8.79. The number of hydrogen-bond acceptors (Lipinski definition) is 3. The molecule has 0 unspecified atom stereocenters. The second-order valence-electron chi connectivity index (χ2n) is 3.24. The van der Waals surface area contributed by atoms with E-state index in [1.54, 1.807) is 6.07 Å². The molecule has 0 atom stereocenters. The summed E-state index contributed by atoms with van der Waals surface area (Å²) in [5, 5.41) is 12.0. The van der Waals surface area contributed by atoms with Gasteiger partial charge in [0.05, 0.1) is 16.0 Å². The van der Waals surface area contributed by atoms with Crippen molar-refractivity contribution in [2.45, 2.75) is 12.8 Å². The molecule has 0 aliphatic carbocycles. The number of alkyl halides is 1. The SMILES string of the molecule is O=[N+]([O-])c1cc(Cl)cc(Br)c1OCCCCBr. The summed E-state index contributed by atoms with van der Waals surface area (Å²) in [5.41, 5.74) is -0.122. The number of ether oxygens (including phenoxy) is 1. The van der Waals surface area contributed by atoms with Crippen LogP contribution >= 0.6 is 43.5 Å². The monoisotopic (exact) mass is 385 g/mol. The molecule has 0 saturated carbocycles. The predicted molar refractivity (Wildman–Crippen MR) is 74.3 cm³/mol. The summed E-state index contributed by atoms with van der Waals surface area (Å²) in [6.45, 7) is 0.437. The molecular weight excluding hydrogens is 377 g/mol. The molecule has 1 aromatic rings. The second-order valence-corrected chi connectivity index (χ2v) is 5.32. The summed E-state index contributed by atoms with van der Waals surface area (Å²) in [7, 11) is 0. The van der Waals surface area contributed by atoms with Crippen molar-refractivity contribution in [3.8, 4) is 5.75 Å². The van der Waals surface area contributed by atoms with E-state index in [-0.39, 0.29) is 11.4 Å². The summed E-state index contributed by atoms with van der Waals surface area (Å²) in [5.74, 6) is 0.231. The highest BCUT2D eigenvalue weighted by atomic mass is 79.9. The standard InChI is InChI=1S/C10H10Br2ClNO3/c11-3-1-2-4-17-10-8(12)5-7(13)6-9(10)14(15)16/h5-6H,1-4H2. The van der Waals surface area contributed by atoms with Gasteiger partial charge in [0.15, 0.2) is 0 Å². The van der Waals surface area contributed by atoms with Gasteiger partial charge in [-0.25, -0.2) is 0 Å². The fraction of sp³-hybridized carbons (Fsp3) is 0.400. The maximum atomic E-state index is 10.9. The lowest BCUT2D eigenvalue weighted by Crippen LogP contribution is -2.01. The minimum absolute atomic E-state index is 0.122. The Hall–Kier alpha value is -0.330. The van der Waals surface area contributed by atoms with Gasteiger partial charge in [0, 0.05) is 16.4 Å². The van der Waals surface area contributed by atoms with E-state index >= 15 is 0 Å². The van der Waals surface area contributed by atoms with E-state index in [2.05, 4.69) is 31.9 Å². The minimum atomic E-state index is -0.504. The Morgan fingerprint density at radius 3 is 2.71 bits per heavy atom. The quantitative estimate of drug-likeness (QED) is 0.311. The van der Waals surface area contributed by atoms with Crippen LogP contribution in [0, 0.1) is 10.1 Å². The van der Waals surface area contributed by atoms with E-state index in [0.717, 1.165) is 18.2 Å². The third-order valence-electron chi connectivity index (χ3n) is 1.96. The number of nitro benzene ring substituents is 1. The fourth-order valence-electron chi connectivity index (χ4n) is 1.20. The Balaban J connectivity index is 2.85. The molecule has 0 aliphatic heterocycles. The highest BCUT2D eigenvalue weighted by Crippen LogP contribution is 2.37. The molecule has 0 bridgehead atoms. The number of hydrogen-bond donors (Lipinski definition) is 0. The fourth-order valence-corrected chi connectivity index (χ4v) is 2.50. The molecule has 0 fully saturated rings. The predicted octanol–water partition coefficient (Wildman–Crippen LogP) is 4.56. The molecule has 0 amide bonds. The first kappa shape index (κ1) is 14.7. The maximum absolute atomic E-state index is 10.9. The average molecular weight is 387 g/mol.